The zero-order valence-corrected chi connectivity index (χ0v) is 9.17. The van der Waals surface area contributed by atoms with Gasteiger partial charge < -0.3 is 0 Å². The Kier molecular flexibility index (Phi) is 1.71. The normalized spacial score (nSPS) is 11.3. The first kappa shape index (κ1) is 9.23. The van der Waals surface area contributed by atoms with Crippen LogP contribution in [0.5, 0.6) is 0 Å². The van der Waals surface area contributed by atoms with E-state index in [0.717, 1.165) is 5.52 Å². The molecule has 0 atom stereocenters. The van der Waals surface area contributed by atoms with Gasteiger partial charge in [0.2, 0.25) is 5.82 Å². The van der Waals surface area contributed by atoms with Gasteiger partial charge in [-0.3, -0.25) is 4.98 Å². The molecule has 4 heterocycles. The second-order valence-corrected chi connectivity index (χ2v) is 3.79. The largest absolute Gasteiger partial charge is 0.259 e. The van der Waals surface area contributed by atoms with Crippen LogP contribution in [0.25, 0.3) is 22.7 Å². The van der Waals surface area contributed by atoms with Crippen LogP contribution in [0.15, 0.2) is 43.2 Å². The van der Waals surface area contributed by atoms with E-state index in [0.29, 0.717) is 17.2 Å². The van der Waals surface area contributed by atoms with Gasteiger partial charge in [0.15, 0.2) is 5.65 Å². The van der Waals surface area contributed by atoms with Gasteiger partial charge in [0.25, 0.3) is 0 Å². The van der Waals surface area contributed by atoms with E-state index in [2.05, 4.69) is 25.1 Å². The van der Waals surface area contributed by atoms with Crippen molar-refractivity contribution in [3.8, 4) is 11.5 Å². The molecule has 4 aromatic rings. The van der Waals surface area contributed by atoms with Crippen molar-refractivity contribution in [3.05, 3.63) is 43.2 Å². The molecule has 0 aliphatic rings. The van der Waals surface area contributed by atoms with E-state index in [-0.39, 0.29) is 0 Å². The van der Waals surface area contributed by atoms with Gasteiger partial charge in [0.1, 0.15) is 5.69 Å². The van der Waals surface area contributed by atoms with Crippen molar-refractivity contribution in [2.45, 2.75) is 0 Å². The minimum absolute atomic E-state index is 0.556. The van der Waals surface area contributed by atoms with Gasteiger partial charge in [-0.05, 0) is 6.07 Å². The van der Waals surface area contributed by atoms with Crippen LogP contribution >= 0.6 is 0 Å². The summed E-state index contributed by atoms with van der Waals surface area (Å²) in [5, 5.41) is 8.50. The quantitative estimate of drug-likeness (QED) is 0.490. The highest BCUT2D eigenvalue weighted by atomic mass is 15.3. The van der Waals surface area contributed by atoms with E-state index in [4.69, 9.17) is 0 Å². The van der Waals surface area contributed by atoms with Crippen LogP contribution in [0.4, 0.5) is 0 Å². The lowest BCUT2D eigenvalue weighted by Gasteiger charge is -1.95. The first-order chi connectivity index (χ1) is 8.90. The molecule has 0 fully saturated rings. The molecule has 0 amide bonds. The monoisotopic (exact) mass is 237 g/mol. The lowest BCUT2D eigenvalue weighted by molar-refractivity contribution is 0.927. The Morgan fingerprint density at radius 1 is 1.06 bits per heavy atom. The SMILES string of the molecule is c1cn2nc(-c3cn4nccc4cn3)nc2cn1. The molecule has 4 rings (SSSR count). The maximum Gasteiger partial charge on any atom is 0.202 e. The Balaban J connectivity index is 1.94. The van der Waals surface area contributed by atoms with Gasteiger partial charge in [-0.1, -0.05) is 0 Å². The molecule has 0 aliphatic heterocycles. The van der Waals surface area contributed by atoms with Crippen LogP contribution in [0, 0.1) is 0 Å². The summed E-state index contributed by atoms with van der Waals surface area (Å²) < 4.78 is 3.41. The molecule has 0 N–H and O–H groups in total. The minimum Gasteiger partial charge on any atom is -0.259 e. The molecular weight excluding hydrogens is 230 g/mol. The van der Waals surface area contributed by atoms with Crippen LogP contribution < -0.4 is 0 Å². The van der Waals surface area contributed by atoms with E-state index >= 15 is 0 Å². The van der Waals surface area contributed by atoms with Gasteiger partial charge in [0, 0.05) is 12.4 Å². The average molecular weight is 237 g/mol. The van der Waals surface area contributed by atoms with E-state index in [1.807, 2.05) is 6.07 Å². The molecule has 0 bridgehead atoms. The summed E-state index contributed by atoms with van der Waals surface area (Å²) in [7, 11) is 0. The Morgan fingerprint density at radius 2 is 2.06 bits per heavy atom. The molecule has 0 radical (unpaired) electrons. The summed E-state index contributed by atoms with van der Waals surface area (Å²) in [6, 6.07) is 1.89. The van der Waals surface area contributed by atoms with Gasteiger partial charge in [0.05, 0.1) is 30.3 Å². The molecule has 0 saturated carbocycles. The predicted molar refractivity (Wildman–Crippen MR) is 62.8 cm³/mol. The first-order valence-electron chi connectivity index (χ1n) is 5.36. The minimum atomic E-state index is 0.556. The summed E-state index contributed by atoms with van der Waals surface area (Å²) in [6.45, 7) is 0. The first-order valence-corrected chi connectivity index (χ1v) is 5.36. The summed E-state index contributed by atoms with van der Waals surface area (Å²) in [5.74, 6) is 0.556. The van der Waals surface area contributed by atoms with Crippen molar-refractivity contribution in [1.82, 2.24) is 34.2 Å². The lowest BCUT2D eigenvalue weighted by Crippen LogP contribution is -1.93. The maximum absolute atomic E-state index is 4.36. The molecule has 0 saturated heterocycles. The van der Waals surface area contributed by atoms with Crippen LogP contribution in [-0.4, -0.2) is 34.2 Å². The summed E-state index contributed by atoms with van der Waals surface area (Å²) in [4.78, 5) is 12.7. The van der Waals surface area contributed by atoms with Gasteiger partial charge in [-0.2, -0.15) is 5.10 Å². The Hall–Kier alpha value is -2.83. The molecule has 4 aromatic heterocycles. The molecule has 0 unspecified atom stereocenters. The molecule has 0 aromatic carbocycles. The number of fused-ring (bicyclic) bond motifs is 2. The van der Waals surface area contributed by atoms with Gasteiger partial charge >= 0.3 is 0 Å². The number of aromatic nitrogens is 7. The van der Waals surface area contributed by atoms with Gasteiger partial charge in [-0.25, -0.2) is 19.0 Å². The molecule has 86 valence electrons. The second-order valence-electron chi connectivity index (χ2n) is 3.79. The Morgan fingerprint density at radius 3 is 3.00 bits per heavy atom. The fourth-order valence-corrected chi connectivity index (χ4v) is 1.79. The van der Waals surface area contributed by atoms with Crippen LogP contribution in [-0.2, 0) is 0 Å². The van der Waals surface area contributed by atoms with Crippen molar-refractivity contribution < 1.29 is 0 Å². The van der Waals surface area contributed by atoms with Crippen LogP contribution in [0.3, 0.4) is 0 Å². The number of hydrogen-bond acceptors (Lipinski definition) is 5. The van der Waals surface area contributed by atoms with Gasteiger partial charge in [-0.15, -0.1) is 5.10 Å². The van der Waals surface area contributed by atoms with E-state index < -0.39 is 0 Å². The summed E-state index contributed by atoms with van der Waals surface area (Å²) in [5.41, 5.74) is 2.30. The predicted octanol–water partition coefficient (Wildman–Crippen LogP) is 0.834. The van der Waals surface area contributed by atoms with E-state index in [1.165, 1.54) is 0 Å². The average Bonchev–Trinajstić information content (AvgIpc) is 3.04. The van der Waals surface area contributed by atoms with E-state index in [1.54, 1.807) is 46.2 Å². The van der Waals surface area contributed by atoms with Crippen molar-refractivity contribution in [1.29, 1.82) is 0 Å². The second kappa shape index (κ2) is 3.33. The molecule has 18 heavy (non-hydrogen) atoms. The number of rotatable bonds is 1. The standard InChI is InChI=1S/C11H7N7/c1-2-14-18-7-9(13-5-8(1)18)11-15-10-6-12-3-4-17(10)16-11/h1-7H. The van der Waals surface area contributed by atoms with Crippen LogP contribution in [0.2, 0.25) is 0 Å². The zero-order chi connectivity index (χ0) is 11.9. The maximum atomic E-state index is 4.36. The van der Waals surface area contributed by atoms with Crippen molar-refractivity contribution in [3.63, 3.8) is 0 Å². The smallest absolute Gasteiger partial charge is 0.202 e. The fourth-order valence-electron chi connectivity index (χ4n) is 1.79. The summed E-state index contributed by atoms with van der Waals surface area (Å²) >= 11 is 0. The number of nitrogens with zero attached hydrogens (tertiary/aromatic N) is 7. The Bertz CT molecular complexity index is 811. The zero-order valence-electron chi connectivity index (χ0n) is 9.17. The highest BCUT2D eigenvalue weighted by Crippen LogP contribution is 2.13. The van der Waals surface area contributed by atoms with Crippen LogP contribution in [0.1, 0.15) is 0 Å². The fraction of sp³-hybridized carbons (Fsp3) is 0. The summed E-state index contributed by atoms with van der Waals surface area (Å²) in [6.07, 6.45) is 10.3. The third-order valence-corrected chi connectivity index (χ3v) is 2.65. The van der Waals surface area contributed by atoms with Crippen molar-refractivity contribution in [2.75, 3.05) is 0 Å². The Labute approximate surface area is 101 Å². The number of hydrogen-bond donors (Lipinski definition) is 0. The molecular formula is C11H7N7. The van der Waals surface area contributed by atoms with Crippen molar-refractivity contribution in [2.24, 2.45) is 0 Å². The third kappa shape index (κ3) is 1.27. The molecule has 0 spiro atoms. The molecule has 7 heteroatoms. The molecule has 0 aliphatic carbocycles. The third-order valence-electron chi connectivity index (χ3n) is 2.65. The highest BCUT2D eigenvalue weighted by Gasteiger charge is 2.08. The lowest BCUT2D eigenvalue weighted by atomic mass is 10.4. The van der Waals surface area contributed by atoms with E-state index in [9.17, 15) is 0 Å². The molecule has 7 nitrogen and oxygen atoms in total. The van der Waals surface area contributed by atoms with Crippen molar-refractivity contribution >= 4 is 11.2 Å². The topological polar surface area (TPSA) is 73.3 Å². The highest BCUT2D eigenvalue weighted by molar-refractivity contribution is 5.55.